The van der Waals surface area contributed by atoms with Crippen molar-refractivity contribution in [2.45, 2.75) is 83.1 Å². The summed E-state index contributed by atoms with van der Waals surface area (Å²) in [5.74, 6) is 0. The fraction of sp³-hybridized carbons (Fsp3) is 0.240. The SMILES string of the molecule is Cc1cc(C)c(B(c2ccc(-c3cc4cc(-c5ccc(B(c6c(C)cc(C)cc6C)c6c(C)cc(C)cc6C)s5)[se]c4s3)s2)c2c(C)cc(C)cc2C)c(C)c1. The van der Waals surface area contributed by atoms with E-state index >= 15 is 0 Å². The third-order valence-corrected chi connectivity index (χ3v) is 18.4. The van der Waals surface area contributed by atoms with E-state index in [4.69, 9.17) is 0 Å². The molecular weight excluding hydrogens is 797 g/mol. The molecule has 0 bridgehead atoms. The molecule has 4 heterocycles. The summed E-state index contributed by atoms with van der Waals surface area (Å²) in [5, 5.41) is 1.42. The van der Waals surface area contributed by atoms with Crippen molar-refractivity contribution in [3.8, 4) is 19.1 Å². The Hall–Kier alpha value is -3.63. The van der Waals surface area contributed by atoms with Crippen molar-refractivity contribution in [1.82, 2.24) is 0 Å². The molecule has 0 saturated carbocycles. The van der Waals surface area contributed by atoms with Gasteiger partial charge in [0.05, 0.1) is 0 Å². The Morgan fingerprint density at radius 1 is 0.357 bits per heavy atom. The molecule has 0 N–H and O–H groups in total. The van der Waals surface area contributed by atoms with Gasteiger partial charge in [0.1, 0.15) is 0 Å². The van der Waals surface area contributed by atoms with Crippen molar-refractivity contribution in [2.24, 2.45) is 0 Å². The minimum absolute atomic E-state index is 0.217. The number of hydrogen-bond donors (Lipinski definition) is 0. The van der Waals surface area contributed by atoms with Gasteiger partial charge >= 0.3 is 356 Å². The molecular formula is C50H50B2S3Se. The van der Waals surface area contributed by atoms with Gasteiger partial charge in [-0.2, -0.15) is 0 Å². The van der Waals surface area contributed by atoms with Crippen LogP contribution in [0.4, 0.5) is 0 Å². The van der Waals surface area contributed by atoms with Gasteiger partial charge in [-0.3, -0.25) is 0 Å². The molecule has 0 aliphatic carbocycles. The molecule has 0 radical (unpaired) electrons. The van der Waals surface area contributed by atoms with Crippen molar-refractivity contribution in [2.75, 3.05) is 0 Å². The molecule has 0 unspecified atom stereocenters. The molecule has 0 fully saturated rings. The van der Waals surface area contributed by atoms with Crippen LogP contribution in [0.1, 0.15) is 66.8 Å². The molecule has 4 aromatic carbocycles. The van der Waals surface area contributed by atoms with Gasteiger partial charge in [0.15, 0.2) is 0 Å². The average Bonchev–Trinajstić information content (AvgIpc) is 3.89. The van der Waals surface area contributed by atoms with Crippen molar-refractivity contribution in [3.05, 3.63) is 152 Å². The Labute approximate surface area is 353 Å². The summed E-state index contributed by atoms with van der Waals surface area (Å²) in [6.45, 7) is 27.8. The van der Waals surface area contributed by atoms with Crippen molar-refractivity contribution in [1.29, 1.82) is 0 Å². The van der Waals surface area contributed by atoms with Gasteiger partial charge in [0.2, 0.25) is 0 Å². The minimum atomic E-state index is 0.217. The molecule has 0 nitrogen and oxygen atoms in total. The second-order valence-corrected chi connectivity index (χ2v) is 22.6. The Bertz CT molecular complexity index is 2380. The number of benzene rings is 4. The molecule has 0 aliphatic rings. The Kier molecular flexibility index (Phi) is 10.7. The van der Waals surface area contributed by atoms with Crippen molar-refractivity contribution < 1.29 is 0 Å². The van der Waals surface area contributed by atoms with Crippen molar-refractivity contribution in [3.63, 3.8) is 0 Å². The van der Waals surface area contributed by atoms with E-state index in [1.807, 2.05) is 34.0 Å². The summed E-state index contributed by atoms with van der Waals surface area (Å²) in [6, 6.07) is 33.5. The second kappa shape index (κ2) is 15.3. The summed E-state index contributed by atoms with van der Waals surface area (Å²) >= 11 is 6.30. The number of thiophene rings is 3. The van der Waals surface area contributed by atoms with Crippen LogP contribution in [-0.4, -0.2) is 27.9 Å². The monoisotopic (exact) mass is 848 g/mol. The summed E-state index contributed by atoms with van der Waals surface area (Å²) in [4.78, 5) is 4.21. The summed E-state index contributed by atoms with van der Waals surface area (Å²) in [7, 11) is 0. The zero-order valence-corrected chi connectivity index (χ0v) is 39.0. The molecule has 4 aromatic heterocycles. The molecule has 0 aliphatic heterocycles. The van der Waals surface area contributed by atoms with Gasteiger partial charge in [-0.25, -0.2) is 0 Å². The first kappa shape index (κ1) is 39.2. The van der Waals surface area contributed by atoms with E-state index in [0.29, 0.717) is 0 Å². The molecule has 0 saturated heterocycles. The maximum atomic E-state index is 2.50. The van der Waals surface area contributed by atoms with Crippen LogP contribution in [0.5, 0.6) is 0 Å². The first-order valence-electron chi connectivity index (χ1n) is 19.7. The molecule has 280 valence electrons. The van der Waals surface area contributed by atoms with Gasteiger partial charge in [0.25, 0.3) is 0 Å². The van der Waals surface area contributed by atoms with E-state index < -0.39 is 0 Å². The summed E-state index contributed by atoms with van der Waals surface area (Å²) < 4.78 is 5.93. The number of hydrogen-bond acceptors (Lipinski definition) is 3. The molecule has 0 spiro atoms. The zero-order chi connectivity index (χ0) is 39.7. The van der Waals surface area contributed by atoms with E-state index in [1.165, 1.54) is 123 Å². The first-order valence-corrected chi connectivity index (χ1v) is 23.9. The number of fused-ring (bicyclic) bond motifs is 1. The summed E-state index contributed by atoms with van der Waals surface area (Å²) in [5.41, 5.74) is 22.3. The Morgan fingerprint density at radius 3 is 1.05 bits per heavy atom. The van der Waals surface area contributed by atoms with Gasteiger partial charge in [-0.05, 0) is 0 Å². The number of aryl methyl sites for hydroxylation is 12. The van der Waals surface area contributed by atoms with Crippen molar-refractivity contribution >= 4 is 102 Å². The fourth-order valence-corrected chi connectivity index (χ4v) is 16.4. The van der Waals surface area contributed by atoms with E-state index in [1.54, 1.807) is 3.57 Å². The normalized spacial score (nSPS) is 11.6. The molecule has 0 atom stereocenters. The molecule has 56 heavy (non-hydrogen) atoms. The Morgan fingerprint density at radius 2 is 0.696 bits per heavy atom. The third kappa shape index (κ3) is 7.22. The van der Waals surface area contributed by atoms with E-state index in [9.17, 15) is 0 Å². The van der Waals surface area contributed by atoms with Gasteiger partial charge in [-0.1, -0.05) is 0 Å². The van der Waals surface area contributed by atoms with E-state index in [0.717, 1.165) is 0 Å². The van der Waals surface area contributed by atoms with Gasteiger partial charge < -0.3 is 0 Å². The predicted octanol–water partition coefficient (Wildman–Crippen LogP) is 10.1. The zero-order valence-electron chi connectivity index (χ0n) is 34.9. The Balaban J connectivity index is 1.16. The van der Waals surface area contributed by atoms with E-state index in [2.05, 4.69) is 168 Å². The molecule has 0 amide bonds. The predicted molar refractivity (Wildman–Crippen MR) is 257 cm³/mol. The topological polar surface area (TPSA) is 0 Å². The van der Waals surface area contributed by atoms with E-state index in [-0.39, 0.29) is 27.9 Å². The van der Waals surface area contributed by atoms with Crippen LogP contribution in [0.25, 0.3) is 28.0 Å². The number of rotatable bonds is 8. The molecule has 8 aromatic rings. The summed E-state index contributed by atoms with van der Waals surface area (Å²) in [6.07, 6.45) is 0. The quantitative estimate of drug-likeness (QED) is 0.134. The average molecular weight is 848 g/mol. The van der Waals surface area contributed by atoms with Crippen LogP contribution in [0.2, 0.25) is 0 Å². The molecule has 6 heteroatoms. The van der Waals surface area contributed by atoms with Crippen LogP contribution in [0.15, 0.2) is 84.9 Å². The second-order valence-electron chi connectivity index (χ2n) is 16.5. The first-order chi connectivity index (χ1) is 26.7. The van der Waals surface area contributed by atoms with Crippen LogP contribution < -0.4 is 31.4 Å². The van der Waals surface area contributed by atoms with Crippen LogP contribution in [0.3, 0.4) is 0 Å². The standard InChI is InChI=1S/C50H50B2S3Se/c1-27-17-31(5)46(32(6)18-27)51(47-33(7)19-28(2)20-34(47)8)44-15-13-40(53-44)42-25-39-26-43(56-50(39)55-42)41-14-16-45(54-41)52(48-35(9)21-29(3)22-36(48)10)49-37(11)23-30(4)24-38(49)12/h13-26H,1-12H3. The van der Waals surface area contributed by atoms with Gasteiger partial charge in [0, 0.05) is 0 Å². The van der Waals surface area contributed by atoms with Crippen LogP contribution >= 0.6 is 34.0 Å². The molecule has 8 rings (SSSR count). The van der Waals surface area contributed by atoms with Gasteiger partial charge in [-0.15, -0.1) is 0 Å². The third-order valence-electron chi connectivity index (χ3n) is 11.6. The van der Waals surface area contributed by atoms with Crippen LogP contribution in [-0.2, 0) is 0 Å². The van der Waals surface area contributed by atoms with Crippen LogP contribution in [0, 0.1) is 83.1 Å². The fourth-order valence-electron chi connectivity index (χ4n) is 9.81. The maximum absolute atomic E-state index is 2.50.